The first-order valence-corrected chi connectivity index (χ1v) is 13.6. The van der Waals surface area contributed by atoms with Crippen LogP contribution in [0.3, 0.4) is 0 Å². The van der Waals surface area contributed by atoms with Gasteiger partial charge in [0.05, 0.1) is 0 Å². The average Bonchev–Trinajstić information content (AvgIpc) is 2.57. The largest absolute Gasteiger partial charge is 0.300 e. The van der Waals surface area contributed by atoms with Gasteiger partial charge in [0, 0.05) is 9.52 Å². The van der Waals surface area contributed by atoms with Crippen LogP contribution in [0, 0.1) is 0 Å². The zero-order chi connectivity index (χ0) is 17.9. The minimum absolute atomic E-state index is 0.0702. The predicted molar refractivity (Wildman–Crippen MR) is 112 cm³/mol. The van der Waals surface area contributed by atoms with Gasteiger partial charge in [-0.05, 0) is 59.2 Å². The molecule has 0 spiro atoms. The van der Waals surface area contributed by atoms with E-state index >= 15 is 0 Å². The molecule has 0 aromatic rings. The van der Waals surface area contributed by atoms with Gasteiger partial charge >= 0.3 is 0 Å². The van der Waals surface area contributed by atoms with Crippen molar-refractivity contribution in [2.24, 2.45) is 0 Å². The molecule has 0 rings (SSSR count). The van der Waals surface area contributed by atoms with Crippen molar-refractivity contribution in [1.29, 1.82) is 0 Å². The van der Waals surface area contributed by atoms with Crippen LogP contribution < -0.4 is 0 Å². The summed E-state index contributed by atoms with van der Waals surface area (Å²) in [5, 5.41) is 1.67. The van der Waals surface area contributed by atoms with Gasteiger partial charge in [-0.3, -0.25) is 13.7 Å². The maximum atomic E-state index is 2.84. The molecule has 0 saturated heterocycles. The summed E-state index contributed by atoms with van der Waals surface area (Å²) < 4.78 is 8.52. The van der Waals surface area contributed by atoms with Crippen LogP contribution in [0.15, 0.2) is 11.3 Å². The van der Waals surface area contributed by atoms with Crippen molar-refractivity contribution in [1.82, 2.24) is 13.7 Å². The summed E-state index contributed by atoms with van der Waals surface area (Å²) in [4.78, 5) is 0. The normalized spacial score (nSPS) is 14.1. The van der Waals surface area contributed by atoms with Crippen LogP contribution in [-0.4, -0.2) is 71.0 Å². The Hall–Kier alpha value is 0.0538. The molecule has 0 N–H and O–H groups in total. The van der Waals surface area contributed by atoms with Crippen LogP contribution in [-0.2, 0) is 0 Å². The Kier molecular flexibility index (Phi) is 12.5. The fourth-order valence-corrected chi connectivity index (χ4v) is 12.7. The minimum atomic E-state index is -1.76. The standard InChI is InChI=1S/C18H43N3Si2/c1-9-18(8)22-16-17-23(19(10-2)11-3,20(12-4)13-5)21(14-6)15-7/h9H,10-17,22H2,1-8H3. The Morgan fingerprint density at radius 1 is 0.783 bits per heavy atom. The number of rotatable bonds is 13. The number of allylic oxidation sites excluding steroid dienone is 2. The van der Waals surface area contributed by atoms with E-state index in [1.807, 2.05) is 0 Å². The SMILES string of the molecule is CC=C(C)[SiH2]CC[Si](N(CC)CC)(N(CC)CC)N(CC)CC. The Morgan fingerprint density at radius 2 is 1.13 bits per heavy atom. The van der Waals surface area contributed by atoms with Gasteiger partial charge < -0.3 is 0 Å². The molecule has 5 heteroatoms. The first-order chi connectivity index (χ1) is 11.0. The molecule has 138 valence electrons. The molecule has 0 bridgehead atoms. The van der Waals surface area contributed by atoms with Crippen molar-refractivity contribution in [3.05, 3.63) is 11.3 Å². The lowest BCUT2D eigenvalue weighted by molar-refractivity contribution is 0.262. The molecule has 23 heavy (non-hydrogen) atoms. The summed E-state index contributed by atoms with van der Waals surface area (Å²) >= 11 is 0. The van der Waals surface area contributed by atoms with Crippen molar-refractivity contribution in [3.8, 4) is 0 Å². The van der Waals surface area contributed by atoms with E-state index in [1.54, 1.807) is 5.20 Å². The summed E-state index contributed by atoms with van der Waals surface area (Å²) in [6.07, 6.45) is 2.34. The second-order valence-electron chi connectivity index (χ2n) is 6.28. The van der Waals surface area contributed by atoms with Gasteiger partial charge in [0.25, 0.3) is 8.56 Å². The van der Waals surface area contributed by atoms with E-state index in [0.29, 0.717) is 0 Å². The Labute approximate surface area is 150 Å². The average molecular weight is 358 g/mol. The third-order valence-electron chi connectivity index (χ3n) is 5.39. The first-order valence-electron chi connectivity index (χ1n) is 9.88. The van der Waals surface area contributed by atoms with Gasteiger partial charge in [-0.15, -0.1) is 0 Å². The van der Waals surface area contributed by atoms with E-state index in [0.717, 1.165) is 0 Å². The number of hydrogen-bond donors (Lipinski definition) is 0. The van der Waals surface area contributed by atoms with Crippen LogP contribution >= 0.6 is 0 Å². The van der Waals surface area contributed by atoms with E-state index in [1.165, 1.54) is 51.4 Å². The van der Waals surface area contributed by atoms with E-state index in [9.17, 15) is 0 Å². The lowest BCUT2D eigenvalue weighted by atomic mass is 10.6. The molecule has 0 atom stereocenters. The van der Waals surface area contributed by atoms with Gasteiger partial charge in [0.2, 0.25) is 0 Å². The Bertz CT molecular complexity index is 291. The molecule has 0 saturated carbocycles. The maximum Gasteiger partial charge on any atom is 0.289 e. The third kappa shape index (κ3) is 5.81. The predicted octanol–water partition coefficient (Wildman–Crippen LogP) is 3.46. The monoisotopic (exact) mass is 357 g/mol. The molecule has 0 aromatic carbocycles. The number of hydrogen-bond acceptors (Lipinski definition) is 3. The second-order valence-corrected chi connectivity index (χ2v) is 12.5. The molecule has 0 aliphatic carbocycles. The topological polar surface area (TPSA) is 9.72 Å². The fraction of sp³-hybridized carbons (Fsp3) is 0.889. The lowest BCUT2D eigenvalue weighted by Crippen LogP contribution is -2.75. The van der Waals surface area contributed by atoms with Crippen LogP contribution in [0.5, 0.6) is 0 Å². The van der Waals surface area contributed by atoms with Gasteiger partial charge in [-0.1, -0.05) is 58.9 Å². The summed E-state index contributed by atoms with van der Waals surface area (Å²) in [7, 11) is -1.83. The molecule has 0 aliphatic rings. The van der Waals surface area contributed by atoms with E-state index in [-0.39, 0.29) is 9.52 Å². The lowest BCUT2D eigenvalue weighted by Gasteiger charge is -2.53. The highest BCUT2D eigenvalue weighted by atomic mass is 28.4. The molecule has 0 fully saturated rings. The molecule has 0 unspecified atom stereocenters. The fourth-order valence-electron chi connectivity index (χ4n) is 4.01. The Balaban J connectivity index is 5.71. The van der Waals surface area contributed by atoms with Crippen LogP contribution in [0.4, 0.5) is 0 Å². The molecule has 0 aliphatic heterocycles. The molecule has 3 nitrogen and oxygen atoms in total. The molecule has 0 aromatic heterocycles. The summed E-state index contributed by atoms with van der Waals surface area (Å²) in [6, 6.07) is 2.86. The molecular formula is C18H43N3Si2. The van der Waals surface area contributed by atoms with Crippen LogP contribution in [0.1, 0.15) is 55.4 Å². The Morgan fingerprint density at radius 3 is 1.39 bits per heavy atom. The van der Waals surface area contributed by atoms with Crippen molar-refractivity contribution < 1.29 is 0 Å². The molecule has 0 radical (unpaired) electrons. The molecular weight excluding hydrogens is 314 g/mol. The summed E-state index contributed by atoms with van der Waals surface area (Å²) in [5.41, 5.74) is 0. The highest BCUT2D eigenvalue weighted by Crippen LogP contribution is 2.27. The summed E-state index contributed by atoms with van der Waals surface area (Å²) in [6.45, 7) is 25.7. The van der Waals surface area contributed by atoms with Gasteiger partial charge in [0.1, 0.15) is 0 Å². The highest BCUT2D eigenvalue weighted by molar-refractivity contribution is 6.72. The molecule has 0 amide bonds. The smallest absolute Gasteiger partial charge is 0.289 e. The van der Waals surface area contributed by atoms with Gasteiger partial charge in [0.15, 0.2) is 0 Å². The van der Waals surface area contributed by atoms with Crippen molar-refractivity contribution in [2.45, 2.75) is 67.5 Å². The van der Waals surface area contributed by atoms with Gasteiger partial charge in [-0.25, -0.2) is 0 Å². The third-order valence-corrected chi connectivity index (χ3v) is 14.0. The zero-order valence-corrected chi connectivity index (χ0v) is 19.7. The highest BCUT2D eigenvalue weighted by Gasteiger charge is 2.47. The second kappa shape index (κ2) is 12.4. The molecule has 0 heterocycles. The van der Waals surface area contributed by atoms with Crippen molar-refractivity contribution in [2.75, 3.05) is 39.3 Å². The van der Waals surface area contributed by atoms with E-state index < -0.39 is 8.56 Å². The number of nitrogens with zero attached hydrogens (tertiary/aromatic N) is 3. The quantitative estimate of drug-likeness (QED) is 0.467. The first kappa shape index (κ1) is 23.1. The van der Waals surface area contributed by atoms with Crippen molar-refractivity contribution >= 4 is 18.1 Å². The van der Waals surface area contributed by atoms with E-state index in [4.69, 9.17) is 0 Å². The zero-order valence-electron chi connectivity index (χ0n) is 17.3. The van der Waals surface area contributed by atoms with Crippen LogP contribution in [0.25, 0.3) is 0 Å². The van der Waals surface area contributed by atoms with Gasteiger partial charge in [-0.2, -0.15) is 0 Å². The summed E-state index contributed by atoms with van der Waals surface area (Å²) in [5.74, 6) is 0. The minimum Gasteiger partial charge on any atom is -0.300 e. The van der Waals surface area contributed by atoms with Crippen LogP contribution in [0.2, 0.25) is 12.1 Å². The van der Waals surface area contributed by atoms with E-state index in [2.05, 4.69) is 75.2 Å². The maximum absolute atomic E-state index is 2.84. The van der Waals surface area contributed by atoms with Crippen molar-refractivity contribution in [3.63, 3.8) is 0 Å².